The normalized spacial score (nSPS) is 24.6. The zero-order chi connectivity index (χ0) is 24.5. The number of unbranched alkanes of at least 4 members (excludes halogenated alkanes) is 1. The topological polar surface area (TPSA) is 70.1 Å². The quantitative estimate of drug-likeness (QED) is 0.442. The van der Waals surface area contributed by atoms with E-state index < -0.39 is 5.60 Å². The molecular formula is C26H38N2O4S2. The molecule has 0 aromatic heterocycles. The number of amides is 2. The van der Waals surface area contributed by atoms with Gasteiger partial charge in [0.25, 0.3) is 5.91 Å². The fraction of sp³-hybridized carbons (Fsp3) is 0.692. The van der Waals surface area contributed by atoms with Gasteiger partial charge in [-0.2, -0.15) is 0 Å². The van der Waals surface area contributed by atoms with E-state index in [9.17, 15) is 14.7 Å². The second-order valence-electron chi connectivity index (χ2n) is 10.1. The van der Waals surface area contributed by atoms with E-state index >= 15 is 0 Å². The second kappa shape index (κ2) is 10.6. The van der Waals surface area contributed by atoms with Crippen LogP contribution in [0.1, 0.15) is 67.7 Å². The lowest BCUT2D eigenvalue weighted by Crippen LogP contribution is -2.58. The fourth-order valence-corrected chi connectivity index (χ4v) is 8.29. The van der Waals surface area contributed by atoms with Crippen molar-refractivity contribution in [2.75, 3.05) is 31.9 Å². The Morgan fingerprint density at radius 3 is 2.44 bits per heavy atom. The molecule has 0 aliphatic carbocycles. The summed E-state index contributed by atoms with van der Waals surface area (Å²) in [6.07, 6.45) is 6.49. The minimum atomic E-state index is -0.920. The van der Waals surface area contributed by atoms with Gasteiger partial charge in [0, 0.05) is 55.6 Å². The molecule has 0 bridgehead atoms. The van der Waals surface area contributed by atoms with E-state index in [0.29, 0.717) is 51.2 Å². The Morgan fingerprint density at radius 2 is 1.76 bits per heavy atom. The predicted octanol–water partition coefficient (Wildman–Crippen LogP) is 4.79. The van der Waals surface area contributed by atoms with Gasteiger partial charge < -0.3 is 19.6 Å². The van der Waals surface area contributed by atoms with Crippen molar-refractivity contribution in [2.24, 2.45) is 0 Å². The molecule has 0 spiro atoms. The van der Waals surface area contributed by atoms with Gasteiger partial charge in [-0.05, 0) is 70.1 Å². The number of benzene rings is 1. The van der Waals surface area contributed by atoms with E-state index in [-0.39, 0.29) is 11.8 Å². The molecule has 34 heavy (non-hydrogen) atoms. The summed E-state index contributed by atoms with van der Waals surface area (Å²) in [5.41, 5.74) is 2.64. The lowest BCUT2D eigenvalue weighted by Gasteiger charge is -2.42. The number of carbonyl (C=O) groups is 2. The fourth-order valence-electron chi connectivity index (χ4n) is 5.26. The molecule has 1 aromatic rings. The second-order valence-corrected chi connectivity index (χ2v) is 12.9. The minimum absolute atomic E-state index is 0.0000338. The number of aromatic hydroxyl groups is 1. The molecule has 0 radical (unpaired) electrons. The number of ether oxygens (including phenoxy) is 1. The predicted molar refractivity (Wildman–Crippen MR) is 140 cm³/mol. The average molecular weight is 507 g/mol. The van der Waals surface area contributed by atoms with Crippen LogP contribution in [0.25, 0.3) is 0 Å². The Kier molecular flexibility index (Phi) is 7.97. The van der Waals surface area contributed by atoms with Crippen molar-refractivity contribution in [2.45, 2.75) is 83.5 Å². The van der Waals surface area contributed by atoms with Crippen LogP contribution in [0.5, 0.6) is 11.5 Å². The highest BCUT2D eigenvalue weighted by atomic mass is 33.1. The summed E-state index contributed by atoms with van der Waals surface area (Å²) in [5.74, 6) is 2.55. The van der Waals surface area contributed by atoms with Gasteiger partial charge in [0.2, 0.25) is 5.91 Å². The molecular weight excluding hydrogens is 468 g/mol. The summed E-state index contributed by atoms with van der Waals surface area (Å²) >= 11 is 0. The van der Waals surface area contributed by atoms with Crippen molar-refractivity contribution in [1.29, 1.82) is 0 Å². The highest BCUT2D eigenvalue weighted by molar-refractivity contribution is 8.77. The van der Waals surface area contributed by atoms with Gasteiger partial charge in [-0.1, -0.05) is 28.0 Å². The van der Waals surface area contributed by atoms with Gasteiger partial charge in [0.05, 0.1) is 0 Å². The molecule has 3 aliphatic heterocycles. The van der Waals surface area contributed by atoms with Crippen molar-refractivity contribution < 1.29 is 19.4 Å². The molecule has 2 unspecified atom stereocenters. The van der Waals surface area contributed by atoms with E-state index in [4.69, 9.17) is 4.74 Å². The van der Waals surface area contributed by atoms with Gasteiger partial charge in [0.15, 0.2) is 5.60 Å². The van der Waals surface area contributed by atoms with Crippen LogP contribution in [0.15, 0.2) is 0 Å². The van der Waals surface area contributed by atoms with Crippen molar-refractivity contribution in [3.05, 3.63) is 22.3 Å². The zero-order valence-electron chi connectivity index (χ0n) is 20.9. The molecule has 8 heteroatoms. The first kappa shape index (κ1) is 25.5. The summed E-state index contributed by atoms with van der Waals surface area (Å²) in [6.45, 7) is 9.93. The van der Waals surface area contributed by atoms with Gasteiger partial charge in [-0.15, -0.1) is 0 Å². The number of carbonyl (C=O) groups excluding carboxylic acids is 2. The lowest BCUT2D eigenvalue weighted by molar-refractivity contribution is -0.152. The smallest absolute Gasteiger partial charge is 0.266 e. The molecule has 188 valence electrons. The third-order valence-corrected chi connectivity index (χ3v) is 10.8. The van der Waals surface area contributed by atoms with Gasteiger partial charge in [0.1, 0.15) is 11.5 Å². The number of rotatable bonds is 6. The number of phenolic OH excluding ortho intramolecular Hbond substituents is 1. The van der Waals surface area contributed by atoms with Crippen LogP contribution in [0.3, 0.4) is 0 Å². The number of nitrogens with zero attached hydrogens (tertiary/aromatic N) is 2. The van der Waals surface area contributed by atoms with E-state index in [2.05, 4.69) is 0 Å². The first-order valence-corrected chi connectivity index (χ1v) is 15.0. The van der Waals surface area contributed by atoms with E-state index in [1.54, 1.807) is 0 Å². The van der Waals surface area contributed by atoms with Gasteiger partial charge in [-0.3, -0.25) is 9.59 Å². The van der Waals surface area contributed by atoms with Gasteiger partial charge in [-0.25, -0.2) is 0 Å². The first-order chi connectivity index (χ1) is 16.2. The Morgan fingerprint density at radius 1 is 1.06 bits per heavy atom. The molecule has 2 saturated heterocycles. The summed E-state index contributed by atoms with van der Waals surface area (Å²) in [4.78, 5) is 29.9. The molecule has 3 heterocycles. The molecule has 1 N–H and O–H groups in total. The van der Waals surface area contributed by atoms with Gasteiger partial charge >= 0.3 is 0 Å². The van der Waals surface area contributed by atoms with E-state index in [1.165, 1.54) is 18.6 Å². The summed E-state index contributed by atoms with van der Waals surface area (Å²) in [7, 11) is 3.98. The number of hydrogen-bond donors (Lipinski definition) is 1. The third-order valence-electron chi connectivity index (χ3n) is 7.79. The Labute approximate surface area is 211 Å². The van der Waals surface area contributed by atoms with Crippen LogP contribution in [0.2, 0.25) is 0 Å². The first-order valence-electron chi connectivity index (χ1n) is 12.6. The molecule has 0 saturated carbocycles. The van der Waals surface area contributed by atoms with Crippen LogP contribution in [-0.4, -0.2) is 69.5 Å². The molecule has 3 aliphatic rings. The van der Waals surface area contributed by atoms with Crippen LogP contribution in [0.4, 0.5) is 0 Å². The van der Waals surface area contributed by atoms with Crippen molar-refractivity contribution in [1.82, 2.24) is 9.80 Å². The maximum Gasteiger partial charge on any atom is 0.266 e. The van der Waals surface area contributed by atoms with Crippen LogP contribution in [0, 0.1) is 20.8 Å². The molecule has 1 aromatic carbocycles. The summed E-state index contributed by atoms with van der Waals surface area (Å²) < 4.78 is 6.38. The standard InChI is InChI=1S/C26H38N2O4S2/c1-17-18(2)24-21(19(3)23(17)30)9-11-26(4,32-24)25(31)28-14-12-27(13-15-28)22(29)8-6-5-7-20-10-16-33-34-20/h20,30H,5-16H2,1-4H3. The Balaban J connectivity index is 1.29. The number of hydrogen-bond acceptors (Lipinski definition) is 6. The number of fused-ring (bicyclic) bond motifs is 1. The molecule has 2 atom stereocenters. The SMILES string of the molecule is Cc1c(C)c2c(c(C)c1O)CCC(C)(C(=O)N1CCN(C(=O)CCCCC3CCSS3)CC1)O2. The monoisotopic (exact) mass is 506 g/mol. The minimum Gasteiger partial charge on any atom is -0.507 e. The van der Waals surface area contributed by atoms with E-state index in [1.807, 2.05) is 59.1 Å². The van der Waals surface area contributed by atoms with Crippen LogP contribution in [-0.2, 0) is 16.0 Å². The molecule has 6 nitrogen and oxygen atoms in total. The maximum absolute atomic E-state index is 13.5. The summed E-state index contributed by atoms with van der Waals surface area (Å²) in [6, 6.07) is 0. The largest absolute Gasteiger partial charge is 0.507 e. The number of phenols is 1. The molecule has 2 fully saturated rings. The van der Waals surface area contributed by atoms with Crippen molar-refractivity contribution in [3.8, 4) is 11.5 Å². The highest BCUT2D eigenvalue weighted by Gasteiger charge is 2.43. The Hall–Kier alpha value is -1.54. The number of piperazine rings is 1. The third kappa shape index (κ3) is 5.18. The van der Waals surface area contributed by atoms with Crippen LogP contribution >= 0.6 is 21.6 Å². The van der Waals surface area contributed by atoms with Crippen molar-refractivity contribution >= 4 is 33.4 Å². The van der Waals surface area contributed by atoms with E-state index in [0.717, 1.165) is 46.1 Å². The average Bonchev–Trinajstić information content (AvgIpc) is 3.37. The van der Waals surface area contributed by atoms with Crippen molar-refractivity contribution in [3.63, 3.8) is 0 Å². The lowest BCUT2D eigenvalue weighted by atomic mass is 9.86. The Bertz CT molecular complexity index is 939. The van der Waals surface area contributed by atoms with Crippen LogP contribution < -0.4 is 4.74 Å². The highest BCUT2D eigenvalue weighted by Crippen LogP contribution is 2.44. The summed E-state index contributed by atoms with van der Waals surface area (Å²) in [5, 5.41) is 11.2. The molecule has 2 amide bonds. The molecule has 4 rings (SSSR count). The maximum atomic E-state index is 13.5. The zero-order valence-corrected chi connectivity index (χ0v) is 22.6.